The normalized spacial score (nSPS) is 12.7. The molecule has 0 amide bonds. The lowest BCUT2D eigenvalue weighted by molar-refractivity contribution is 0.207. The smallest absolute Gasteiger partial charge is 0.121 e. The Morgan fingerprint density at radius 3 is 2.56 bits per heavy atom. The Morgan fingerprint density at radius 2 is 1.94 bits per heavy atom. The maximum absolute atomic E-state index is 10.4. The Labute approximate surface area is 123 Å². The second-order valence-corrected chi connectivity index (χ2v) is 5.92. The molecule has 0 bridgehead atoms. The third-order valence-electron chi connectivity index (χ3n) is 2.67. The van der Waals surface area contributed by atoms with Crippen molar-refractivity contribution >= 4 is 31.9 Å². The van der Waals surface area contributed by atoms with Crippen LogP contribution in [0, 0.1) is 0 Å². The summed E-state index contributed by atoms with van der Waals surface area (Å²) in [6.07, 6.45) is 2.05. The zero-order valence-corrected chi connectivity index (χ0v) is 13.1. The highest BCUT2D eigenvalue weighted by Gasteiger charge is 2.16. The number of hydrogen-bond acceptors (Lipinski definition) is 2. The largest absolute Gasteiger partial charge is 0.382 e. The first-order chi connectivity index (χ1) is 8.61. The van der Waals surface area contributed by atoms with Crippen LogP contribution in [0.4, 0.5) is 0 Å². The van der Waals surface area contributed by atoms with Gasteiger partial charge in [-0.2, -0.15) is 5.10 Å². The molecule has 1 aromatic carbocycles. The molecule has 18 heavy (non-hydrogen) atoms. The van der Waals surface area contributed by atoms with Crippen LogP contribution in [0.5, 0.6) is 0 Å². The van der Waals surface area contributed by atoms with Crippen LogP contribution in [0.1, 0.15) is 30.7 Å². The lowest BCUT2D eigenvalue weighted by atomic mass is 10.1. The number of rotatable bonds is 4. The molecule has 1 atom stereocenters. The minimum absolute atomic E-state index is 0.659. The predicted molar refractivity (Wildman–Crippen MR) is 78.4 cm³/mol. The van der Waals surface area contributed by atoms with Crippen molar-refractivity contribution in [1.82, 2.24) is 9.78 Å². The molecule has 0 aliphatic rings. The van der Waals surface area contributed by atoms with Crippen molar-refractivity contribution in [3.05, 3.63) is 50.7 Å². The summed E-state index contributed by atoms with van der Waals surface area (Å²) in [5.41, 5.74) is 1.66. The maximum Gasteiger partial charge on any atom is 0.121 e. The molecule has 0 aliphatic heterocycles. The van der Waals surface area contributed by atoms with Gasteiger partial charge in [-0.1, -0.05) is 38.8 Å². The topological polar surface area (TPSA) is 38.0 Å². The molecule has 1 unspecified atom stereocenters. The summed E-state index contributed by atoms with van der Waals surface area (Å²) in [5, 5.41) is 14.7. The van der Waals surface area contributed by atoms with E-state index in [1.807, 2.05) is 28.9 Å². The molecule has 96 valence electrons. The predicted octanol–water partition coefficient (Wildman–Crippen LogP) is 3.90. The van der Waals surface area contributed by atoms with E-state index in [0.29, 0.717) is 0 Å². The lowest BCUT2D eigenvalue weighted by Gasteiger charge is -2.14. The molecule has 1 aromatic heterocycles. The summed E-state index contributed by atoms with van der Waals surface area (Å²) < 4.78 is 3.72. The van der Waals surface area contributed by atoms with E-state index in [4.69, 9.17) is 0 Å². The molecule has 0 saturated heterocycles. The van der Waals surface area contributed by atoms with Crippen molar-refractivity contribution in [1.29, 1.82) is 0 Å². The van der Waals surface area contributed by atoms with E-state index < -0.39 is 6.10 Å². The molecule has 0 radical (unpaired) electrons. The number of halogens is 2. The van der Waals surface area contributed by atoms with Crippen molar-refractivity contribution < 1.29 is 5.11 Å². The van der Waals surface area contributed by atoms with Gasteiger partial charge in [0.15, 0.2) is 0 Å². The Kier molecular flexibility index (Phi) is 4.59. The second kappa shape index (κ2) is 5.99. The van der Waals surface area contributed by atoms with Crippen molar-refractivity contribution in [3.8, 4) is 0 Å². The fourth-order valence-electron chi connectivity index (χ4n) is 1.88. The first-order valence-corrected chi connectivity index (χ1v) is 7.36. The summed E-state index contributed by atoms with van der Waals surface area (Å²) in [4.78, 5) is 0. The van der Waals surface area contributed by atoms with E-state index in [2.05, 4.69) is 43.9 Å². The fourth-order valence-corrected chi connectivity index (χ4v) is 3.21. The monoisotopic (exact) mass is 372 g/mol. The molecule has 1 heterocycles. The van der Waals surface area contributed by atoms with Gasteiger partial charge in [0.1, 0.15) is 6.10 Å². The zero-order chi connectivity index (χ0) is 13.1. The molecule has 0 aliphatic carbocycles. The van der Waals surface area contributed by atoms with Crippen LogP contribution in [0.2, 0.25) is 0 Å². The molecule has 3 nitrogen and oxygen atoms in total. The number of nitrogens with zero attached hydrogens (tertiary/aromatic N) is 2. The van der Waals surface area contributed by atoms with Crippen molar-refractivity contribution in [2.45, 2.75) is 26.0 Å². The lowest BCUT2D eigenvalue weighted by Crippen LogP contribution is -2.10. The highest BCUT2D eigenvalue weighted by Crippen LogP contribution is 2.28. The van der Waals surface area contributed by atoms with E-state index in [0.717, 1.165) is 33.2 Å². The van der Waals surface area contributed by atoms with E-state index in [1.165, 1.54) is 0 Å². The van der Waals surface area contributed by atoms with Gasteiger partial charge in [-0.15, -0.1) is 0 Å². The van der Waals surface area contributed by atoms with Gasteiger partial charge in [0.2, 0.25) is 0 Å². The average molecular weight is 374 g/mol. The van der Waals surface area contributed by atoms with Crippen molar-refractivity contribution in [2.24, 2.45) is 0 Å². The molecule has 0 saturated carbocycles. The second-order valence-electron chi connectivity index (χ2n) is 4.08. The summed E-state index contributed by atoms with van der Waals surface area (Å²) in [6, 6.07) is 7.63. The Hall–Kier alpha value is -0.650. The van der Waals surface area contributed by atoms with E-state index in [-0.39, 0.29) is 0 Å². The van der Waals surface area contributed by atoms with E-state index in [9.17, 15) is 5.11 Å². The average Bonchev–Trinajstić information content (AvgIpc) is 2.75. The van der Waals surface area contributed by atoms with E-state index in [1.54, 1.807) is 6.20 Å². The molecule has 0 spiro atoms. The minimum Gasteiger partial charge on any atom is -0.382 e. The van der Waals surface area contributed by atoms with Gasteiger partial charge < -0.3 is 5.11 Å². The molecule has 0 fully saturated rings. The van der Waals surface area contributed by atoms with Crippen LogP contribution in [0.25, 0.3) is 0 Å². The minimum atomic E-state index is -0.659. The quantitative estimate of drug-likeness (QED) is 0.882. The third-order valence-corrected chi connectivity index (χ3v) is 3.58. The van der Waals surface area contributed by atoms with Gasteiger partial charge in [0.25, 0.3) is 0 Å². The highest BCUT2D eigenvalue weighted by molar-refractivity contribution is 9.11. The van der Waals surface area contributed by atoms with Crippen LogP contribution in [-0.2, 0) is 6.54 Å². The van der Waals surface area contributed by atoms with Gasteiger partial charge >= 0.3 is 0 Å². The standard InChI is InChI=1S/C13H14Br2N2O/c1-2-5-17-12(3-4-16-17)13(18)9-6-10(14)8-11(15)7-9/h3-4,6-8,13,18H,2,5H2,1H3. The number of hydrogen-bond donors (Lipinski definition) is 1. The zero-order valence-electron chi connectivity index (χ0n) is 9.98. The van der Waals surface area contributed by atoms with Crippen LogP contribution in [0.15, 0.2) is 39.4 Å². The van der Waals surface area contributed by atoms with Crippen LogP contribution >= 0.6 is 31.9 Å². The van der Waals surface area contributed by atoms with Crippen LogP contribution in [-0.4, -0.2) is 14.9 Å². The third kappa shape index (κ3) is 3.02. The number of benzene rings is 1. The van der Waals surface area contributed by atoms with Gasteiger partial charge in [-0.3, -0.25) is 4.68 Å². The first-order valence-electron chi connectivity index (χ1n) is 5.77. The number of aryl methyl sites for hydroxylation is 1. The Bertz CT molecular complexity index is 519. The summed E-state index contributed by atoms with van der Waals surface area (Å²) in [5.74, 6) is 0. The van der Waals surface area contributed by atoms with Crippen LogP contribution in [0.3, 0.4) is 0 Å². The molecular formula is C13H14Br2N2O. The maximum atomic E-state index is 10.4. The molecule has 5 heteroatoms. The van der Waals surface area contributed by atoms with Crippen molar-refractivity contribution in [2.75, 3.05) is 0 Å². The van der Waals surface area contributed by atoms with Crippen LogP contribution < -0.4 is 0 Å². The SMILES string of the molecule is CCCn1nccc1C(O)c1cc(Br)cc(Br)c1. The summed E-state index contributed by atoms with van der Waals surface area (Å²) in [7, 11) is 0. The van der Waals surface area contributed by atoms with Crippen molar-refractivity contribution in [3.63, 3.8) is 0 Å². The van der Waals surface area contributed by atoms with E-state index >= 15 is 0 Å². The number of aromatic nitrogens is 2. The molecule has 2 rings (SSSR count). The van der Waals surface area contributed by atoms with Gasteiger partial charge in [-0.05, 0) is 36.2 Å². The van der Waals surface area contributed by atoms with Gasteiger partial charge in [-0.25, -0.2) is 0 Å². The Morgan fingerprint density at radius 1 is 1.28 bits per heavy atom. The Balaban J connectivity index is 2.34. The summed E-state index contributed by atoms with van der Waals surface area (Å²) in [6.45, 7) is 2.90. The molecule has 2 aromatic rings. The molecule has 1 N–H and O–H groups in total. The first kappa shape index (κ1) is 13.8. The van der Waals surface area contributed by atoms with Gasteiger partial charge in [0, 0.05) is 21.7 Å². The molecular weight excluding hydrogens is 360 g/mol. The van der Waals surface area contributed by atoms with Gasteiger partial charge in [0.05, 0.1) is 5.69 Å². The fraction of sp³-hybridized carbons (Fsp3) is 0.308. The number of aliphatic hydroxyl groups is 1. The highest BCUT2D eigenvalue weighted by atomic mass is 79.9. The number of aliphatic hydroxyl groups excluding tert-OH is 1. The summed E-state index contributed by atoms with van der Waals surface area (Å²) >= 11 is 6.86.